The molecule has 4 N–H and O–H groups in total. The van der Waals surface area contributed by atoms with Crippen LogP contribution in [0.5, 0.6) is 0 Å². The third-order valence-corrected chi connectivity index (χ3v) is 8.24. The second-order valence-corrected chi connectivity index (χ2v) is 10.7. The Labute approximate surface area is 185 Å². The van der Waals surface area contributed by atoms with E-state index in [4.69, 9.17) is 4.74 Å². The van der Waals surface area contributed by atoms with Gasteiger partial charge in [-0.3, -0.25) is 4.79 Å². The lowest BCUT2D eigenvalue weighted by molar-refractivity contribution is -0.187. The van der Waals surface area contributed by atoms with Crippen molar-refractivity contribution in [1.29, 1.82) is 0 Å². The van der Waals surface area contributed by atoms with E-state index in [0.717, 1.165) is 0 Å². The number of carbonyl (C=O) groups excluding carboxylic acids is 2. The number of likely N-dealkylation sites (tertiary alicyclic amines) is 1. The minimum atomic E-state index is -0.646. The maximum absolute atomic E-state index is 12.9. The summed E-state index contributed by atoms with van der Waals surface area (Å²) in [6.45, 7) is 8.62. The van der Waals surface area contributed by atoms with Crippen LogP contribution in [-0.4, -0.2) is 76.3 Å². The van der Waals surface area contributed by atoms with Gasteiger partial charge >= 0.3 is 6.09 Å². The largest absolute Gasteiger partial charge is 0.446 e. The fourth-order valence-corrected chi connectivity index (χ4v) is 6.46. The molecular formula is C23H40N2O6. The molecule has 3 rings (SSSR count). The monoisotopic (exact) mass is 440 g/mol. The molecule has 0 aromatic rings. The molecule has 0 aromatic heterocycles. The van der Waals surface area contributed by atoms with E-state index < -0.39 is 29.8 Å². The molecule has 3 fully saturated rings. The number of alkyl carbamates (subject to hydrolysis) is 1. The van der Waals surface area contributed by atoms with Crippen LogP contribution < -0.4 is 5.32 Å². The lowest BCUT2D eigenvalue weighted by Crippen LogP contribution is -2.61. The molecule has 8 nitrogen and oxygen atoms in total. The summed E-state index contributed by atoms with van der Waals surface area (Å²) in [6, 6.07) is -0.0361. The smallest absolute Gasteiger partial charge is 0.407 e. The number of aliphatic hydroxyl groups excluding tert-OH is 3. The fourth-order valence-electron chi connectivity index (χ4n) is 6.46. The van der Waals surface area contributed by atoms with Crippen LogP contribution >= 0.6 is 0 Å². The van der Waals surface area contributed by atoms with E-state index in [-0.39, 0.29) is 42.2 Å². The number of nitrogens with one attached hydrogen (secondary N) is 1. The Bertz CT molecular complexity index is 672. The third-order valence-electron chi connectivity index (χ3n) is 8.24. The lowest BCUT2D eigenvalue weighted by Gasteiger charge is -2.60. The van der Waals surface area contributed by atoms with E-state index >= 15 is 0 Å². The number of rotatable bonds is 5. The Kier molecular flexibility index (Phi) is 7.23. The van der Waals surface area contributed by atoms with Gasteiger partial charge < -0.3 is 30.3 Å². The van der Waals surface area contributed by atoms with Gasteiger partial charge in [0, 0.05) is 31.0 Å². The maximum atomic E-state index is 12.9. The van der Waals surface area contributed by atoms with Crippen molar-refractivity contribution in [2.75, 3.05) is 19.7 Å². The number of nitrogens with zero attached hydrogens (tertiary/aromatic N) is 1. The van der Waals surface area contributed by atoms with Gasteiger partial charge in [-0.15, -0.1) is 0 Å². The van der Waals surface area contributed by atoms with Gasteiger partial charge in [-0.05, 0) is 63.2 Å². The average Bonchev–Trinajstić information content (AvgIpc) is 3.13. The maximum Gasteiger partial charge on any atom is 0.407 e. The van der Waals surface area contributed by atoms with Gasteiger partial charge in [-0.1, -0.05) is 13.8 Å². The number of carbonyl (C=O) groups is 2. The Morgan fingerprint density at radius 3 is 2.45 bits per heavy atom. The Balaban J connectivity index is 1.79. The molecule has 0 bridgehead atoms. The van der Waals surface area contributed by atoms with Crippen molar-refractivity contribution in [2.24, 2.45) is 22.7 Å². The molecule has 31 heavy (non-hydrogen) atoms. The number of ether oxygens (including phenoxy) is 1. The average molecular weight is 441 g/mol. The normalized spacial score (nSPS) is 40.5. The van der Waals surface area contributed by atoms with E-state index in [1.165, 1.54) is 0 Å². The zero-order valence-electron chi connectivity index (χ0n) is 19.3. The van der Waals surface area contributed by atoms with Crippen molar-refractivity contribution in [2.45, 2.75) is 90.6 Å². The summed E-state index contributed by atoms with van der Waals surface area (Å²) in [5.74, 6) is -0.239. The van der Waals surface area contributed by atoms with Crippen LogP contribution in [-0.2, 0) is 9.53 Å². The van der Waals surface area contributed by atoms with E-state index in [0.29, 0.717) is 45.2 Å². The number of hydrogen-bond donors (Lipinski definition) is 4. The van der Waals surface area contributed by atoms with Crippen molar-refractivity contribution in [3.8, 4) is 0 Å². The Morgan fingerprint density at radius 2 is 1.87 bits per heavy atom. The number of β-amino-alcohol motifs (C(OH)–C–C–N with tert-alkyl or cyclic N) is 1. The fraction of sp³-hybridized carbons (Fsp3) is 0.913. The summed E-state index contributed by atoms with van der Waals surface area (Å²) < 4.78 is 5.76. The summed E-state index contributed by atoms with van der Waals surface area (Å²) in [7, 11) is 0. The second kappa shape index (κ2) is 9.24. The molecule has 2 saturated carbocycles. The number of fused-ring (bicyclic) bond motifs is 1. The van der Waals surface area contributed by atoms with E-state index in [2.05, 4.69) is 12.2 Å². The van der Waals surface area contributed by atoms with Gasteiger partial charge in [0.25, 0.3) is 0 Å². The zero-order chi connectivity index (χ0) is 23.0. The first-order valence-electron chi connectivity index (χ1n) is 11.7. The van der Waals surface area contributed by atoms with Gasteiger partial charge in [0.15, 0.2) is 0 Å². The predicted molar refractivity (Wildman–Crippen MR) is 115 cm³/mol. The zero-order valence-corrected chi connectivity index (χ0v) is 19.3. The van der Waals surface area contributed by atoms with Gasteiger partial charge in [0.1, 0.15) is 6.10 Å². The third kappa shape index (κ3) is 4.71. The molecule has 0 aromatic carbocycles. The molecular weight excluding hydrogens is 400 g/mol. The minimum Gasteiger partial charge on any atom is -0.446 e. The first-order chi connectivity index (χ1) is 14.5. The highest BCUT2D eigenvalue weighted by Gasteiger charge is 2.60. The van der Waals surface area contributed by atoms with Crippen LogP contribution in [0.25, 0.3) is 0 Å². The van der Waals surface area contributed by atoms with Gasteiger partial charge in [0.2, 0.25) is 5.91 Å². The van der Waals surface area contributed by atoms with Crippen molar-refractivity contribution in [1.82, 2.24) is 10.2 Å². The number of amides is 2. The highest BCUT2D eigenvalue weighted by molar-refractivity contribution is 5.77. The quantitative estimate of drug-likeness (QED) is 0.516. The van der Waals surface area contributed by atoms with Crippen molar-refractivity contribution >= 4 is 12.0 Å². The summed E-state index contributed by atoms with van der Waals surface area (Å²) in [5, 5.41) is 33.9. The molecule has 1 aliphatic heterocycles. The summed E-state index contributed by atoms with van der Waals surface area (Å²) in [6.07, 6.45) is 1.45. The van der Waals surface area contributed by atoms with E-state index in [1.54, 1.807) is 4.90 Å². The molecule has 2 aliphatic carbocycles. The number of hydrogen-bond acceptors (Lipinski definition) is 6. The Hall–Kier alpha value is -1.38. The topological polar surface area (TPSA) is 119 Å². The van der Waals surface area contributed by atoms with Gasteiger partial charge in [-0.2, -0.15) is 0 Å². The Morgan fingerprint density at radius 1 is 1.16 bits per heavy atom. The lowest BCUT2D eigenvalue weighted by atomic mass is 9.46. The molecule has 1 saturated heterocycles. The molecule has 0 radical (unpaired) electrons. The molecule has 0 spiro atoms. The minimum absolute atomic E-state index is 0.0148. The number of aliphatic hydroxyl groups is 3. The standard InChI is InChI=1S/C23H40N2O6/c1-14(2)24-21(30)31-19-7-9-22(3)16(11-20(29)25-10-8-15(27)12-25)17(28)5-6-18(22)23(19,4)13-26/h14-19,26-28H,5-13H2,1-4H3,(H,24,30)/t15-,16-,17-,18+,19-,22+,23+/m1/s1. The SMILES string of the molecule is CC(C)NC(=O)O[C@@H]1CC[C@]2(C)[C@H](CC[C@@H](O)[C@H]2CC(=O)N2CC[C@@H](O)C2)[C@]1(C)CO. The van der Waals surface area contributed by atoms with Crippen LogP contribution in [0.2, 0.25) is 0 Å². The molecule has 7 atom stereocenters. The van der Waals surface area contributed by atoms with Crippen LogP contribution in [0.3, 0.4) is 0 Å². The summed E-state index contributed by atoms with van der Waals surface area (Å²) in [4.78, 5) is 26.9. The first-order valence-corrected chi connectivity index (χ1v) is 11.7. The van der Waals surface area contributed by atoms with Gasteiger partial charge in [0.05, 0.1) is 18.8 Å². The first kappa shape index (κ1) is 24.3. The highest BCUT2D eigenvalue weighted by Crippen LogP contribution is 2.61. The molecule has 0 unspecified atom stereocenters. The van der Waals surface area contributed by atoms with Crippen molar-refractivity contribution in [3.63, 3.8) is 0 Å². The highest BCUT2D eigenvalue weighted by atomic mass is 16.6. The van der Waals surface area contributed by atoms with Crippen molar-refractivity contribution < 1.29 is 29.6 Å². The summed E-state index contributed by atoms with van der Waals surface area (Å²) >= 11 is 0. The molecule has 1 heterocycles. The molecule has 3 aliphatic rings. The second-order valence-electron chi connectivity index (χ2n) is 10.7. The predicted octanol–water partition coefficient (Wildman–Crippen LogP) is 1.66. The molecule has 2 amide bonds. The molecule has 8 heteroatoms. The summed E-state index contributed by atoms with van der Waals surface area (Å²) in [5.41, 5.74) is -0.996. The van der Waals surface area contributed by atoms with E-state index in [1.807, 2.05) is 20.8 Å². The van der Waals surface area contributed by atoms with Crippen molar-refractivity contribution in [3.05, 3.63) is 0 Å². The van der Waals surface area contributed by atoms with Crippen LogP contribution in [0.15, 0.2) is 0 Å². The van der Waals surface area contributed by atoms with Gasteiger partial charge in [-0.25, -0.2) is 4.79 Å². The van der Waals surface area contributed by atoms with Crippen LogP contribution in [0.1, 0.15) is 66.2 Å². The van der Waals surface area contributed by atoms with Crippen LogP contribution in [0, 0.1) is 22.7 Å². The van der Waals surface area contributed by atoms with E-state index in [9.17, 15) is 24.9 Å². The molecule has 178 valence electrons. The van der Waals surface area contributed by atoms with Crippen LogP contribution in [0.4, 0.5) is 4.79 Å².